The lowest BCUT2D eigenvalue weighted by Crippen LogP contribution is -2.17. The van der Waals surface area contributed by atoms with Crippen molar-refractivity contribution in [2.75, 3.05) is 4.90 Å². The molecule has 3 aliphatic rings. The Morgan fingerprint density at radius 3 is 2.16 bits per heavy atom. The first kappa shape index (κ1) is 26.9. The van der Waals surface area contributed by atoms with E-state index in [-0.39, 0.29) is 5.41 Å². The fourth-order valence-electron chi connectivity index (χ4n) is 8.88. The number of ether oxygens (including phenoxy) is 1. The third kappa shape index (κ3) is 3.57. The first-order valence-corrected chi connectivity index (χ1v) is 17.2. The first-order valence-electron chi connectivity index (χ1n) is 17.2. The van der Waals surface area contributed by atoms with Crippen LogP contribution in [-0.2, 0) is 11.8 Å². The van der Waals surface area contributed by atoms with Gasteiger partial charge in [0.25, 0.3) is 0 Å². The van der Waals surface area contributed by atoms with Gasteiger partial charge in [0.15, 0.2) is 11.5 Å². The number of para-hydroxylation sites is 2. The van der Waals surface area contributed by atoms with Crippen molar-refractivity contribution in [3.8, 4) is 39.4 Å². The number of hydrogen-bond acceptors (Lipinski definition) is 2. The van der Waals surface area contributed by atoms with Crippen molar-refractivity contribution in [2.24, 2.45) is 0 Å². The summed E-state index contributed by atoms with van der Waals surface area (Å²) in [5, 5.41) is 2.50. The molecule has 0 radical (unpaired) electrons. The van der Waals surface area contributed by atoms with Crippen molar-refractivity contribution in [1.82, 2.24) is 4.57 Å². The van der Waals surface area contributed by atoms with Crippen molar-refractivity contribution >= 4 is 38.9 Å². The number of nitrogens with zero attached hydrogens (tertiary/aromatic N) is 2. The number of rotatable bonds is 4. The molecule has 0 unspecified atom stereocenters. The highest BCUT2D eigenvalue weighted by atomic mass is 16.5. The van der Waals surface area contributed by atoms with E-state index >= 15 is 0 Å². The number of anilines is 3. The van der Waals surface area contributed by atoms with Gasteiger partial charge in [-0.2, -0.15) is 0 Å². The van der Waals surface area contributed by atoms with Crippen molar-refractivity contribution in [2.45, 2.75) is 25.7 Å². The molecule has 0 saturated heterocycles. The number of hydrogen-bond donors (Lipinski definition) is 0. The summed E-state index contributed by atoms with van der Waals surface area (Å²) >= 11 is 0. The van der Waals surface area contributed by atoms with Crippen LogP contribution in [0.1, 0.15) is 36.1 Å². The highest BCUT2D eigenvalue weighted by Crippen LogP contribution is 2.56. The van der Waals surface area contributed by atoms with Gasteiger partial charge in [0.05, 0.1) is 22.4 Å². The van der Waals surface area contributed by atoms with E-state index in [2.05, 4.69) is 169 Å². The van der Waals surface area contributed by atoms with Gasteiger partial charge in [-0.25, -0.2) is 0 Å². The summed E-state index contributed by atoms with van der Waals surface area (Å²) in [6, 6.07) is 53.2. The maximum absolute atomic E-state index is 7.06. The summed E-state index contributed by atoms with van der Waals surface area (Å²) in [6.07, 6.45) is 0.912. The van der Waals surface area contributed by atoms with Crippen molar-refractivity contribution in [3.63, 3.8) is 0 Å². The maximum atomic E-state index is 7.06. The van der Waals surface area contributed by atoms with Crippen LogP contribution in [0.5, 0.6) is 11.5 Å². The zero-order chi connectivity index (χ0) is 32.4. The second kappa shape index (κ2) is 9.52. The zero-order valence-corrected chi connectivity index (χ0v) is 27.4. The second-order valence-corrected chi connectivity index (χ2v) is 14.2. The third-order valence-electron chi connectivity index (χ3n) is 11.2. The van der Waals surface area contributed by atoms with Crippen LogP contribution in [0.3, 0.4) is 0 Å². The molecule has 0 N–H and O–H groups in total. The predicted octanol–water partition coefficient (Wildman–Crippen LogP) is 12.2. The minimum Gasteiger partial charge on any atom is -0.451 e. The molecule has 3 nitrogen and oxygen atoms in total. The molecule has 49 heavy (non-hydrogen) atoms. The minimum atomic E-state index is -0.116. The predicted molar refractivity (Wildman–Crippen MR) is 201 cm³/mol. The van der Waals surface area contributed by atoms with Gasteiger partial charge in [0.2, 0.25) is 0 Å². The molecule has 232 valence electrons. The lowest BCUT2D eigenvalue weighted by atomic mass is 9.82. The fraction of sp³-hybridized carbons (Fsp3) is 0.0870. The molecule has 0 bridgehead atoms. The molecule has 0 amide bonds. The Kier molecular flexibility index (Phi) is 5.23. The number of aromatic nitrogens is 1. The monoisotopic (exact) mass is 628 g/mol. The number of benzene rings is 7. The van der Waals surface area contributed by atoms with Crippen LogP contribution in [0, 0.1) is 0 Å². The van der Waals surface area contributed by atoms with Crippen molar-refractivity contribution < 1.29 is 4.74 Å². The topological polar surface area (TPSA) is 17.4 Å². The Labute approximate surface area is 285 Å². The summed E-state index contributed by atoms with van der Waals surface area (Å²) in [4.78, 5) is 2.40. The molecular formula is C46H32N2O. The molecule has 1 aromatic heterocycles. The summed E-state index contributed by atoms with van der Waals surface area (Å²) < 4.78 is 9.54. The quantitative estimate of drug-likeness (QED) is 0.193. The maximum Gasteiger partial charge on any atom is 0.176 e. The van der Waals surface area contributed by atoms with Crippen LogP contribution in [0.25, 0.3) is 49.7 Å². The molecule has 2 aliphatic heterocycles. The molecule has 0 spiro atoms. The third-order valence-corrected chi connectivity index (χ3v) is 11.2. The fourth-order valence-corrected chi connectivity index (χ4v) is 8.88. The second-order valence-electron chi connectivity index (χ2n) is 14.2. The van der Waals surface area contributed by atoms with Gasteiger partial charge in [-0.05, 0) is 87.0 Å². The molecule has 3 heteroatoms. The van der Waals surface area contributed by atoms with E-state index in [9.17, 15) is 0 Å². The average Bonchev–Trinajstić information content (AvgIpc) is 3.60. The highest BCUT2D eigenvalue weighted by Gasteiger charge is 2.37. The molecule has 1 aliphatic carbocycles. The van der Waals surface area contributed by atoms with Crippen LogP contribution < -0.4 is 9.64 Å². The SMILES string of the molecule is CC1(C)c2ccccc2-c2ccc(N(c3ccc(-c4ccccc4)cc3)c3ccc4c5cccc6c5n5c4c3Oc3cccc(c3-5)C6)cc21. The number of fused-ring (bicyclic) bond motifs is 4. The lowest BCUT2D eigenvalue weighted by Gasteiger charge is -2.32. The highest BCUT2D eigenvalue weighted by molar-refractivity contribution is 6.15. The molecular weight excluding hydrogens is 597 g/mol. The van der Waals surface area contributed by atoms with Crippen LogP contribution in [0.4, 0.5) is 17.1 Å². The molecule has 0 atom stereocenters. The van der Waals surface area contributed by atoms with Crippen molar-refractivity contribution in [3.05, 3.63) is 168 Å². The zero-order valence-electron chi connectivity index (χ0n) is 27.4. The van der Waals surface area contributed by atoms with Gasteiger partial charge in [-0.3, -0.25) is 0 Å². The Morgan fingerprint density at radius 2 is 1.29 bits per heavy atom. The summed E-state index contributed by atoms with van der Waals surface area (Å²) in [7, 11) is 0. The Bertz CT molecular complexity index is 2680. The summed E-state index contributed by atoms with van der Waals surface area (Å²) in [6.45, 7) is 4.70. The van der Waals surface area contributed by atoms with Gasteiger partial charge in [0.1, 0.15) is 0 Å². The minimum absolute atomic E-state index is 0.116. The van der Waals surface area contributed by atoms with E-state index in [1.54, 1.807) is 0 Å². The van der Waals surface area contributed by atoms with Crippen molar-refractivity contribution in [1.29, 1.82) is 0 Å². The molecule has 8 aromatic rings. The Hall–Kier alpha value is -6.06. The van der Waals surface area contributed by atoms with E-state index in [1.807, 2.05) is 0 Å². The molecule has 0 fully saturated rings. The van der Waals surface area contributed by atoms with Gasteiger partial charge < -0.3 is 14.2 Å². The van der Waals surface area contributed by atoms with Gasteiger partial charge >= 0.3 is 0 Å². The Morgan fingerprint density at radius 1 is 0.571 bits per heavy atom. The van der Waals surface area contributed by atoms with E-state index in [4.69, 9.17) is 4.74 Å². The van der Waals surface area contributed by atoms with E-state index in [1.165, 1.54) is 66.5 Å². The largest absolute Gasteiger partial charge is 0.451 e. The normalized spacial score (nSPS) is 14.2. The molecule has 0 saturated carbocycles. The molecule has 7 aromatic carbocycles. The van der Waals surface area contributed by atoms with Crippen LogP contribution in [0.2, 0.25) is 0 Å². The Balaban J connectivity index is 1.18. The summed E-state index contributed by atoms with van der Waals surface area (Å²) in [5.41, 5.74) is 17.2. The smallest absolute Gasteiger partial charge is 0.176 e. The lowest BCUT2D eigenvalue weighted by molar-refractivity contribution is 0.476. The average molecular weight is 629 g/mol. The summed E-state index contributed by atoms with van der Waals surface area (Å²) in [5.74, 6) is 1.80. The van der Waals surface area contributed by atoms with Crippen LogP contribution >= 0.6 is 0 Å². The van der Waals surface area contributed by atoms with E-state index < -0.39 is 0 Å². The standard InChI is InChI=1S/C46H32N2O/c1-46(2)38-16-7-6-14-34(38)35-23-22-33(27-39(35)46)47(32-20-18-29(19-21-32)28-10-4-3-5-11-28)40-25-24-37-36-15-8-12-30-26-31-13-9-17-41-43(31)48(42(30)36)44(37)45(40)49-41/h3-25,27H,26H2,1-2H3. The van der Waals surface area contributed by atoms with Crippen LogP contribution in [0.15, 0.2) is 146 Å². The van der Waals surface area contributed by atoms with E-state index in [0.717, 1.165) is 40.5 Å². The van der Waals surface area contributed by atoms with Gasteiger partial charge in [0, 0.05) is 34.0 Å². The molecule has 11 rings (SSSR count). The first-order chi connectivity index (χ1) is 24.1. The van der Waals surface area contributed by atoms with E-state index in [0.29, 0.717) is 0 Å². The van der Waals surface area contributed by atoms with Crippen LogP contribution in [-0.4, -0.2) is 4.57 Å². The molecule has 3 heterocycles. The van der Waals surface area contributed by atoms with Gasteiger partial charge in [-0.15, -0.1) is 0 Å². The van der Waals surface area contributed by atoms with Gasteiger partial charge in [-0.1, -0.05) is 117 Å².